The molecule has 0 radical (unpaired) electrons. The standard InChI is InChI=1S/C15H13NO2/c1-9-3-4-12-13(8-16-14(12)7-9)15(17)11-5-6-18-10(11)2/h3-8,16H,1-2H3. The van der Waals surface area contributed by atoms with Crippen LogP contribution in [0.1, 0.15) is 27.2 Å². The largest absolute Gasteiger partial charge is 0.469 e. The van der Waals surface area contributed by atoms with E-state index < -0.39 is 0 Å². The van der Waals surface area contributed by atoms with Crippen LogP contribution in [0, 0.1) is 13.8 Å². The number of hydrogen-bond donors (Lipinski definition) is 1. The van der Waals surface area contributed by atoms with Crippen LogP contribution < -0.4 is 0 Å². The molecule has 90 valence electrons. The topological polar surface area (TPSA) is 46.0 Å². The lowest BCUT2D eigenvalue weighted by atomic mass is 10.0. The zero-order valence-corrected chi connectivity index (χ0v) is 10.3. The molecule has 3 aromatic rings. The van der Waals surface area contributed by atoms with E-state index in [1.54, 1.807) is 25.5 Å². The molecule has 0 fully saturated rings. The van der Waals surface area contributed by atoms with Gasteiger partial charge in [-0.1, -0.05) is 12.1 Å². The van der Waals surface area contributed by atoms with E-state index >= 15 is 0 Å². The van der Waals surface area contributed by atoms with Crippen molar-refractivity contribution in [2.45, 2.75) is 13.8 Å². The van der Waals surface area contributed by atoms with Crippen LogP contribution in [0.15, 0.2) is 41.1 Å². The molecule has 2 heterocycles. The lowest BCUT2D eigenvalue weighted by molar-refractivity contribution is 0.103. The van der Waals surface area contributed by atoms with Crippen LogP contribution in [-0.4, -0.2) is 10.8 Å². The first-order valence-electron chi connectivity index (χ1n) is 5.83. The van der Waals surface area contributed by atoms with Gasteiger partial charge in [0.25, 0.3) is 0 Å². The molecule has 0 unspecified atom stereocenters. The number of carbonyl (C=O) groups is 1. The fourth-order valence-corrected chi connectivity index (χ4v) is 2.19. The zero-order valence-electron chi connectivity index (χ0n) is 10.3. The quantitative estimate of drug-likeness (QED) is 0.694. The van der Waals surface area contributed by atoms with Crippen molar-refractivity contribution < 1.29 is 9.21 Å². The number of furan rings is 1. The second-order valence-corrected chi connectivity index (χ2v) is 4.47. The van der Waals surface area contributed by atoms with Gasteiger partial charge in [0.1, 0.15) is 5.76 Å². The summed E-state index contributed by atoms with van der Waals surface area (Å²) in [6.45, 7) is 3.83. The van der Waals surface area contributed by atoms with Gasteiger partial charge in [-0.3, -0.25) is 4.79 Å². The van der Waals surface area contributed by atoms with Crippen LogP contribution in [-0.2, 0) is 0 Å². The number of nitrogens with one attached hydrogen (secondary N) is 1. The molecule has 3 heteroatoms. The average molecular weight is 239 g/mol. The van der Waals surface area contributed by atoms with E-state index in [1.807, 2.05) is 25.1 Å². The third-order valence-electron chi connectivity index (χ3n) is 3.19. The smallest absolute Gasteiger partial charge is 0.198 e. The SMILES string of the molecule is Cc1ccc2c(C(=O)c3ccoc3C)c[nH]c2c1. The summed E-state index contributed by atoms with van der Waals surface area (Å²) in [5.41, 5.74) is 3.47. The van der Waals surface area contributed by atoms with Gasteiger partial charge in [-0.2, -0.15) is 0 Å². The van der Waals surface area contributed by atoms with Crippen LogP contribution in [0.3, 0.4) is 0 Å². The summed E-state index contributed by atoms with van der Waals surface area (Å²) in [6.07, 6.45) is 3.31. The first kappa shape index (κ1) is 10.8. The van der Waals surface area contributed by atoms with Gasteiger partial charge in [-0.15, -0.1) is 0 Å². The normalized spacial score (nSPS) is 11.0. The van der Waals surface area contributed by atoms with Crippen LogP contribution in [0.2, 0.25) is 0 Å². The maximum absolute atomic E-state index is 12.4. The van der Waals surface area contributed by atoms with Gasteiger partial charge in [0.15, 0.2) is 5.78 Å². The number of aryl methyl sites for hydroxylation is 2. The number of hydrogen-bond acceptors (Lipinski definition) is 2. The van der Waals surface area contributed by atoms with Crippen molar-refractivity contribution in [3.63, 3.8) is 0 Å². The number of benzene rings is 1. The summed E-state index contributed by atoms with van der Waals surface area (Å²) in [6, 6.07) is 7.73. The number of aromatic nitrogens is 1. The average Bonchev–Trinajstić information content (AvgIpc) is 2.94. The number of ketones is 1. The van der Waals surface area contributed by atoms with E-state index in [4.69, 9.17) is 4.42 Å². The number of carbonyl (C=O) groups excluding carboxylic acids is 1. The molecule has 1 N–H and O–H groups in total. The Morgan fingerprint density at radius 3 is 2.72 bits per heavy atom. The predicted octanol–water partition coefficient (Wildman–Crippen LogP) is 3.61. The molecule has 18 heavy (non-hydrogen) atoms. The van der Waals surface area contributed by atoms with Gasteiger partial charge in [0, 0.05) is 22.7 Å². The van der Waals surface area contributed by atoms with Crippen molar-refractivity contribution in [2.75, 3.05) is 0 Å². The monoisotopic (exact) mass is 239 g/mol. The van der Waals surface area contributed by atoms with Crippen LogP contribution in [0.25, 0.3) is 10.9 Å². The van der Waals surface area contributed by atoms with E-state index in [1.165, 1.54) is 5.56 Å². The molecule has 0 aliphatic heterocycles. The van der Waals surface area contributed by atoms with Crippen molar-refractivity contribution >= 4 is 16.7 Å². The van der Waals surface area contributed by atoms with Crippen LogP contribution in [0.4, 0.5) is 0 Å². The fourth-order valence-electron chi connectivity index (χ4n) is 2.19. The Balaban J connectivity index is 2.16. The third kappa shape index (κ3) is 1.56. The lowest BCUT2D eigenvalue weighted by Crippen LogP contribution is -2.00. The molecule has 0 saturated carbocycles. The summed E-state index contributed by atoms with van der Waals surface area (Å²) in [4.78, 5) is 15.5. The highest BCUT2D eigenvalue weighted by molar-refractivity contribution is 6.16. The Kier molecular flexibility index (Phi) is 2.33. The molecule has 2 aromatic heterocycles. The minimum Gasteiger partial charge on any atom is -0.469 e. The number of H-pyrrole nitrogens is 1. The Morgan fingerprint density at radius 1 is 1.17 bits per heavy atom. The molecule has 0 aliphatic rings. The Labute approximate surface area is 104 Å². The molecule has 0 amide bonds. The highest BCUT2D eigenvalue weighted by atomic mass is 16.3. The van der Waals surface area contributed by atoms with Gasteiger partial charge in [-0.25, -0.2) is 0 Å². The van der Waals surface area contributed by atoms with Gasteiger partial charge in [-0.05, 0) is 31.5 Å². The van der Waals surface area contributed by atoms with E-state index in [9.17, 15) is 4.79 Å². The van der Waals surface area contributed by atoms with Crippen molar-refractivity contribution in [3.05, 3.63) is 59.2 Å². The minimum absolute atomic E-state index is 0.00338. The maximum Gasteiger partial charge on any atom is 0.198 e. The molecule has 0 saturated heterocycles. The molecular formula is C15H13NO2. The molecule has 3 rings (SSSR count). The number of rotatable bonds is 2. The first-order chi connectivity index (χ1) is 8.66. The van der Waals surface area contributed by atoms with E-state index in [2.05, 4.69) is 4.98 Å². The highest BCUT2D eigenvalue weighted by Gasteiger charge is 2.17. The summed E-state index contributed by atoms with van der Waals surface area (Å²) in [5.74, 6) is 0.651. The van der Waals surface area contributed by atoms with E-state index in [-0.39, 0.29) is 5.78 Å². The van der Waals surface area contributed by atoms with Gasteiger partial charge < -0.3 is 9.40 Å². The maximum atomic E-state index is 12.4. The third-order valence-corrected chi connectivity index (χ3v) is 3.19. The van der Waals surface area contributed by atoms with Gasteiger partial charge in [0.2, 0.25) is 0 Å². The molecular weight excluding hydrogens is 226 g/mol. The Hall–Kier alpha value is -2.29. The highest BCUT2D eigenvalue weighted by Crippen LogP contribution is 2.23. The number of fused-ring (bicyclic) bond motifs is 1. The summed E-state index contributed by atoms with van der Waals surface area (Å²) in [5, 5.41) is 0.950. The second-order valence-electron chi connectivity index (χ2n) is 4.47. The van der Waals surface area contributed by atoms with Crippen LogP contribution in [0.5, 0.6) is 0 Å². The molecule has 0 spiro atoms. The Bertz CT molecular complexity index is 734. The van der Waals surface area contributed by atoms with Crippen molar-refractivity contribution in [1.82, 2.24) is 4.98 Å². The minimum atomic E-state index is -0.00338. The Morgan fingerprint density at radius 2 is 2.00 bits per heavy atom. The predicted molar refractivity (Wildman–Crippen MR) is 69.9 cm³/mol. The van der Waals surface area contributed by atoms with E-state index in [0.717, 1.165) is 10.9 Å². The molecule has 1 aromatic carbocycles. The first-order valence-corrected chi connectivity index (χ1v) is 5.83. The summed E-state index contributed by atoms with van der Waals surface area (Å²) < 4.78 is 5.18. The van der Waals surface area contributed by atoms with Crippen molar-refractivity contribution in [3.8, 4) is 0 Å². The second kappa shape index (κ2) is 3.88. The molecule has 0 bridgehead atoms. The van der Waals surface area contributed by atoms with Gasteiger partial charge in [0.05, 0.1) is 11.8 Å². The summed E-state index contributed by atoms with van der Waals surface area (Å²) >= 11 is 0. The summed E-state index contributed by atoms with van der Waals surface area (Å²) in [7, 11) is 0. The lowest BCUT2D eigenvalue weighted by Gasteiger charge is -1.98. The van der Waals surface area contributed by atoms with E-state index in [0.29, 0.717) is 16.9 Å². The van der Waals surface area contributed by atoms with Crippen LogP contribution >= 0.6 is 0 Å². The number of aromatic amines is 1. The molecule has 0 atom stereocenters. The van der Waals surface area contributed by atoms with Crippen molar-refractivity contribution in [1.29, 1.82) is 0 Å². The zero-order chi connectivity index (χ0) is 12.7. The fraction of sp³-hybridized carbons (Fsp3) is 0.133. The molecule has 0 aliphatic carbocycles. The molecule has 3 nitrogen and oxygen atoms in total. The van der Waals surface area contributed by atoms with Gasteiger partial charge >= 0.3 is 0 Å². The van der Waals surface area contributed by atoms with Crippen molar-refractivity contribution in [2.24, 2.45) is 0 Å².